The van der Waals surface area contributed by atoms with Crippen molar-refractivity contribution >= 4 is 11.9 Å². The molecule has 8 N–H and O–H groups in total. The molecule has 2 aromatic rings. The largest absolute Gasteiger partial charge is 0.504 e. The number of aliphatic hydroxyl groups is 2. The predicted octanol–water partition coefficient (Wildman–Crippen LogP) is -0.347. The van der Waals surface area contributed by atoms with Gasteiger partial charge in [-0.15, -0.1) is 0 Å². The van der Waals surface area contributed by atoms with E-state index < -0.39 is 100 Å². The van der Waals surface area contributed by atoms with Gasteiger partial charge in [-0.3, -0.25) is 0 Å². The number of phenols is 6. The molecular formula is C20H20O13. The van der Waals surface area contributed by atoms with Gasteiger partial charge in [-0.2, -0.15) is 0 Å². The number of cyclic esters (lactones) is 2. The first kappa shape index (κ1) is 23.7. The molecule has 0 saturated carbocycles. The molecule has 0 saturated heterocycles. The van der Waals surface area contributed by atoms with Crippen LogP contribution in [0, 0.1) is 0 Å². The molecule has 0 spiro atoms. The Morgan fingerprint density at radius 2 is 1.39 bits per heavy atom. The zero-order valence-electron chi connectivity index (χ0n) is 17.0. The summed E-state index contributed by atoms with van der Waals surface area (Å²) in [5, 5.41) is 80.9. The number of ether oxygens (including phenoxy) is 3. The van der Waals surface area contributed by atoms with Gasteiger partial charge in [-0.25, -0.2) is 9.59 Å². The van der Waals surface area contributed by atoms with Gasteiger partial charge in [0, 0.05) is 18.2 Å². The van der Waals surface area contributed by atoms with Crippen LogP contribution in [-0.2, 0) is 14.2 Å². The number of esters is 2. The molecule has 0 aromatic heterocycles. The van der Waals surface area contributed by atoms with Crippen LogP contribution in [0.5, 0.6) is 34.5 Å². The third-order valence-corrected chi connectivity index (χ3v) is 5.08. The van der Waals surface area contributed by atoms with Crippen LogP contribution in [0.1, 0.15) is 20.7 Å². The van der Waals surface area contributed by atoms with Gasteiger partial charge in [0.05, 0.1) is 24.3 Å². The molecule has 0 radical (unpaired) electrons. The monoisotopic (exact) mass is 468 g/mol. The maximum Gasteiger partial charge on any atom is 0.339 e. The van der Waals surface area contributed by atoms with Crippen molar-refractivity contribution in [3.05, 3.63) is 23.3 Å². The second kappa shape index (κ2) is 8.54. The van der Waals surface area contributed by atoms with Gasteiger partial charge < -0.3 is 55.1 Å². The van der Waals surface area contributed by atoms with Crippen molar-refractivity contribution in [2.24, 2.45) is 0 Å². The van der Waals surface area contributed by atoms with Crippen LogP contribution < -0.4 is 0 Å². The molecule has 1 aliphatic rings. The van der Waals surface area contributed by atoms with Gasteiger partial charge in [-0.05, 0) is 12.1 Å². The number of phenolic OH excluding ortho intramolecular Hbond substituents is 6. The fourth-order valence-corrected chi connectivity index (χ4v) is 3.33. The molecule has 2 aromatic carbocycles. The highest BCUT2D eigenvalue weighted by molar-refractivity contribution is 6.08. The molecule has 3 rings (SSSR count). The summed E-state index contributed by atoms with van der Waals surface area (Å²) >= 11 is 0. The topological polar surface area (TPSA) is 224 Å². The summed E-state index contributed by atoms with van der Waals surface area (Å²) in [6.07, 6.45) is -1.73. The van der Waals surface area contributed by atoms with Crippen LogP contribution in [0.3, 0.4) is 0 Å². The Bertz CT molecular complexity index is 1130. The lowest BCUT2D eigenvalue weighted by Gasteiger charge is -2.33. The van der Waals surface area contributed by atoms with E-state index in [-0.39, 0.29) is 0 Å². The summed E-state index contributed by atoms with van der Waals surface area (Å²) < 4.78 is 15.0. The quantitative estimate of drug-likeness (QED) is 0.212. The van der Waals surface area contributed by atoms with Crippen LogP contribution in [0.15, 0.2) is 12.1 Å². The minimum Gasteiger partial charge on any atom is -0.504 e. The van der Waals surface area contributed by atoms with Crippen LogP contribution in [0.2, 0.25) is 0 Å². The SMILES string of the molecule is COCC(O)(CO)[C@@H]1COC(=O)c2cc(O)c(O)c(O)c2-c2c(cc(O)c(O)c2O)C(=O)O1. The number of hydrogen-bond donors (Lipinski definition) is 8. The first-order chi connectivity index (χ1) is 15.5. The number of aliphatic hydroxyl groups excluding tert-OH is 1. The molecule has 13 nitrogen and oxygen atoms in total. The van der Waals surface area contributed by atoms with Gasteiger partial charge in [0.15, 0.2) is 34.7 Å². The summed E-state index contributed by atoms with van der Waals surface area (Å²) in [5.41, 5.74) is -5.15. The van der Waals surface area contributed by atoms with Crippen molar-refractivity contribution in [3.8, 4) is 45.6 Å². The molecule has 13 heteroatoms. The average Bonchev–Trinajstić information content (AvgIpc) is 2.78. The van der Waals surface area contributed by atoms with Gasteiger partial charge in [0.25, 0.3) is 0 Å². The smallest absolute Gasteiger partial charge is 0.339 e. The molecule has 0 bridgehead atoms. The van der Waals surface area contributed by atoms with E-state index in [1.807, 2.05) is 0 Å². The molecule has 0 amide bonds. The van der Waals surface area contributed by atoms with Crippen molar-refractivity contribution in [3.63, 3.8) is 0 Å². The second-order valence-electron chi connectivity index (χ2n) is 7.22. The number of hydrogen-bond acceptors (Lipinski definition) is 13. The second-order valence-corrected chi connectivity index (χ2v) is 7.22. The first-order valence-electron chi connectivity index (χ1n) is 9.23. The van der Waals surface area contributed by atoms with E-state index in [0.717, 1.165) is 0 Å². The molecule has 1 unspecified atom stereocenters. The van der Waals surface area contributed by atoms with E-state index in [4.69, 9.17) is 14.2 Å². The van der Waals surface area contributed by atoms with Crippen LogP contribution >= 0.6 is 0 Å². The maximum atomic E-state index is 13.0. The third-order valence-electron chi connectivity index (χ3n) is 5.08. The Morgan fingerprint density at radius 3 is 1.85 bits per heavy atom. The number of carbonyl (C=O) groups excluding carboxylic acids is 2. The lowest BCUT2D eigenvalue weighted by molar-refractivity contribution is -0.152. The van der Waals surface area contributed by atoms with E-state index in [1.165, 1.54) is 7.11 Å². The van der Waals surface area contributed by atoms with E-state index >= 15 is 0 Å². The molecule has 0 fully saturated rings. The van der Waals surface area contributed by atoms with Crippen molar-refractivity contribution in [1.29, 1.82) is 0 Å². The minimum atomic E-state index is -2.26. The Morgan fingerprint density at radius 1 is 0.909 bits per heavy atom. The highest BCUT2D eigenvalue weighted by Gasteiger charge is 2.43. The fraction of sp³-hybridized carbons (Fsp3) is 0.300. The fourth-order valence-electron chi connectivity index (χ4n) is 3.33. The molecular weight excluding hydrogens is 448 g/mol. The summed E-state index contributed by atoms with van der Waals surface area (Å²) in [7, 11) is 1.18. The Balaban J connectivity index is 2.36. The average molecular weight is 468 g/mol. The summed E-state index contributed by atoms with van der Waals surface area (Å²) in [6, 6.07) is 1.30. The van der Waals surface area contributed by atoms with Gasteiger partial charge in [0.2, 0.25) is 11.5 Å². The van der Waals surface area contributed by atoms with Crippen molar-refractivity contribution < 1.29 is 64.7 Å². The van der Waals surface area contributed by atoms with Crippen molar-refractivity contribution in [1.82, 2.24) is 0 Å². The van der Waals surface area contributed by atoms with Gasteiger partial charge >= 0.3 is 11.9 Å². The highest BCUT2D eigenvalue weighted by atomic mass is 16.6. The Kier molecular flexibility index (Phi) is 6.14. The lowest BCUT2D eigenvalue weighted by atomic mass is 9.91. The standard InChI is InChI=1S/C20H20O13/c1-31-6-20(30,5-21)11-4-32-18(28)7-2-9(22)14(24)16(26)12(7)13-8(19(29)33-11)3-10(23)15(25)17(13)27/h2-3,11,21-27,30H,4-6H2,1H3/t11-,20?/m0/s1. The highest BCUT2D eigenvalue weighted by Crippen LogP contribution is 2.52. The summed E-state index contributed by atoms with van der Waals surface area (Å²) in [4.78, 5) is 25.8. The molecule has 1 aliphatic heterocycles. The number of aromatic hydroxyl groups is 6. The summed E-state index contributed by atoms with van der Waals surface area (Å²) in [6.45, 7) is -2.40. The van der Waals surface area contributed by atoms with Gasteiger partial charge in [0.1, 0.15) is 6.61 Å². The third kappa shape index (κ3) is 3.88. The van der Waals surface area contributed by atoms with Crippen molar-refractivity contribution in [2.75, 3.05) is 26.9 Å². The zero-order chi connectivity index (χ0) is 24.7. The number of benzene rings is 2. The van der Waals surface area contributed by atoms with Crippen LogP contribution in [0.4, 0.5) is 0 Å². The molecule has 33 heavy (non-hydrogen) atoms. The number of carbonyl (C=O) groups is 2. The lowest BCUT2D eigenvalue weighted by Crippen LogP contribution is -2.54. The predicted molar refractivity (Wildman–Crippen MR) is 105 cm³/mol. The molecule has 0 aliphatic carbocycles. The minimum absolute atomic E-state index is 0.566. The van der Waals surface area contributed by atoms with E-state index in [1.54, 1.807) is 0 Å². The van der Waals surface area contributed by atoms with E-state index in [2.05, 4.69) is 0 Å². The maximum absolute atomic E-state index is 13.0. The number of fused-ring (bicyclic) bond motifs is 3. The van der Waals surface area contributed by atoms with Crippen LogP contribution in [-0.4, -0.2) is 91.4 Å². The Hall–Kier alpha value is -3.94. The Labute approximate surface area is 184 Å². The summed E-state index contributed by atoms with van der Waals surface area (Å²) in [5.74, 6) is -9.23. The molecule has 2 atom stereocenters. The number of methoxy groups -OCH3 is 1. The number of rotatable bonds is 4. The van der Waals surface area contributed by atoms with Crippen LogP contribution in [0.25, 0.3) is 11.1 Å². The normalized spacial score (nSPS) is 17.8. The van der Waals surface area contributed by atoms with E-state index in [0.29, 0.717) is 12.1 Å². The van der Waals surface area contributed by atoms with Crippen molar-refractivity contribution in [2.45, 2.75) is 11.7 Å². The van der Waals surface area contributed by atoms with Gasteiger partial charge in [-0.1, -0.05) is 0 Å². The first-order valence-corrected chi connectivity index (χ1v) is 9.23. The molecule has 1 heterocycles. The van der Waals surface area contributed by atoms with E-state index in [9.17, 15) is 50.4 Å². The zero-order valence-corrected chi connectivity index (χ0v) is 17.0. The molecule has 178 valence electrons.